The molecule has 2 aromatic rings. The van der Waals surface area contributed by atoms with Crippen molar-refractivity contribution in [2.45, 2.75) is 199 Å². The molecule has 12 amide bonds. The van der Waals surface area contributed by atoms with Crippen LogP contribution in [-0.2, 0) is 73.5 Å². The van der Waals surface area contributed by atoms with Crippen molar-refractivity contribution >= 4 is 93.7 Å². The second-order valence-corrected chi connectivity index (χ2v) is 23.9. The number of benzene rings is 1. The molecule has 1 fully saturated rings. The van der Waals surface area contributed by atoms with Gasteiger partial charge in [0.2, 0.25) is 70.9 Å². The van der Waals surface area contributed by atoms with Gasteiger partial charge in [-0.2, -0.15) is 0 Å². The predicted octanol–water partition coefficient (Wildman–Crippen LogP) is -2.35. The minimum atomic E-state index is -1.80. The van der Waals surface area contributed by atoms with Crippen LogP contribution in [0.4, 0.5) is 0 Å². The van der Waals surface area contributed by atoms with Crippen molar-refractivity contribution in [3.63, 3.8) is 0 Å². The Morgan fingerprint density at radius 2 is 1.20 bits per heavy atom. The Hall–Kier alpha value is -8.74. The number of carbonyl (C=O) groups is 14. The first kappa shape index (κ1) is 76.5. The van der Waals surface area contributed by atoms with Gasteiger partial charge in [0, 0.05) is 30.1 Å². The number of hydrogen-bond acceptors (Lipinski definition) is 16. The first-order valence-electron chi connectivity index (χ1n) is 30.9. The highest BCUT2D eigenvalue weighted by Crippen LogP contribution is 2.22. The second-order valence-electron chi connectivity index (χ2n) is 23.9. The minimum absolute atomic E-state index is 0.0118. The zero-order valence-electron chi connectivity index (χ0n) is 53.1. The average Bonchev–Trinajstić information content (AvgIpc) is 3.45. The summed E-state index contributed by atoms with van der Waals surface area (Å²) in [6, 6.07) is -6.56. The van der Waals surface area contributed by atoms with Gasteiger partial charge in [0.05, 0.1) is 25.4 Å². The summed E-state index contributed by atoms with van der Waals surface area (Å²) in [7, 11) is 0. The molecule has 1 aliphatic heterocycles. The number of nitrogens with two attached hydrogens (primary N) is 4. The van der Waals surface area contributed by atoms with Crippen molar-refractivity contribution in [1.82, 2.24) is 57.7 Å². The molecule has 31 heteroatoms. The van der Waals surface area contributed by atoms with Crippen LogP contribution in [0.3, 0.4) is 0 Å². The van der Waals surface area contributed by atoms with E-state index >= 15 is 0 Å². The lowest BCUT2D eigenvalue weighted by atomic mass is 9.96. The number of likely N-dealkylation sites (tertiary alicyclic amines) is 1. The number of fused-ring (bicyclic) bond motifs is 1. The van der Waals surface area contributed by atoms with Gasteiger partial charge in [-0.3, -0.25) is 62.3 Å². The van der Waals surface area contributed by atoms with Crippen LogP contribution in [0.15, 0.2) is 30.5 Å². The number of nitrogens with one attached hydrogen (secondary N) is 10. The molecule has 0 bridgehead atoms. The summed E-state index contributed by atoms with van der Waals surface area (Å²) in [5, 5.41) is 43.0. The summed E-state index contributed by atoms with van der Waals surface area (Å²) in [5.74, 6) is -15.8. The molecule has 20 N–H and O–H groups in total. The molecular weight excluding hydrogens is 1190 g/mol. The molecule has 0 radical (unpaired) electrons. The molecule has 0 spiro atoms. The molecular formula is C60H95N15O16. The monoisotopic (exact) mass is 1280 g/mol. The summed E-state index contributed by atoms with van der Waals surface area (Å²) in [5.41, 5.74) is 24.5. The number of aromatic amines is 1. The molecule has 31 nitrogen and oxygen atoms in total. The van der Waals surface area contributed by atoms with Crippen LogP contribution >= 0.6 is 0 Å². The number of carboxylic acids is 2. The molecule has 1 saturated heterocycles. The fourth-order valence-corrected chi connectivity index (χ4v) is 10.2. The van der Waals surface area contributed by atoms with E-state index in [-0.39, 0.29) is 64.0 Å². The standard InChI is InChI=1S/C60H95N15O16/c1-9-32(7)49(73-53(83)38(18-13-14-22-61)68-55(85)40(24-30(3)4)69-51(81)36(62)25-34-28-65-37-17-12-11-16-35(34)37)58(88)71-42(27-47(79)80)59(89)75-23-15-19-43(75)56(86)72-48(31(5)6)57(87)70-41(26-45(64)77)52(82)66-29-46(78)67-39(20-21-44(63)76)54(84)74-50(60(90)91)33(8)10-2/h11-12,16-17,28,30-33,36,38-43,48-50,65H,9-10,13-15,18-27,29,61-62H2,1-8H3,(H2,63,76)(H2,64,77)(H,66,82)(H,67,78)(H,68,85)(H,69,81)(H,70,87)(H,71,88)(H,72,86)(H,73,83)(H,74,84)(H,79,80)(H,90,91)/t32-,33-,36-,38-,39-,40-,41-,42-,43-,48-,49-,50-/m0/s1. The topological polar surface area (TPSA) is 511 Å². The fraction of sp³-hybridized carbons (Fsp3) is 0.633. The molecule has 3 rings (SSSR count). The Labute approximate surface area is 528 Å². The number of para-hydroxylation sites is 1. The number of hydrogen-bond donors (Lipinski definition) is 16. The number of rotatable bonds is 40. The molecule has 0 aliphatic carbocycles. The second kappa shape index (κ2) is 37.4. The van der Waals surface area contributed by atoms with E-state index in [1.807, 2.05) is 38.1 Å². The van der Waals surface area contributed by atoms with E-state index in [4.69, 9.17) is 22.9 Å². The maximum absolute atomic E-state index is 14.4. The average molecular weight is 1280 g/mol. The van der Waals surface area contributed by atoms with Crippen LogP contribution < -0.4 is 70.8 Å². The normalized spacial score (nSPS) is 16.6. The number of amides is 12. The lowest BCUT2D eigenvalue weighted by Gasteiger charge is -2.32. The van der Waals surface area contributed by atoms with Crippen LogP contribution in [0, 0.1) is 23.7 Å². The number of primary amides is 2. The zero-order valence-corrected chi connectivity index (χ0v) is 53.1. The maximum Gasteiger partial charge on any atom is 0.326 e. The summed E-state index contributed by atoms with van der Waals surface area (Å²) >= 11 is 0. The third-order valence-corrected chi connectivity index (χ3v) is 15.8. The summed E-state index contributed by atoms with van der Waals surface area (Å²) in [6.45, 7) is 12.7. The van der Waals surface area contributed by atoms with Gasteiger partial charge in [-0.1, -0.05) is 86.4 Å². The van der Waals surface area contributed by atoms with E-state index in [2.05, 4.69) is 52.8 Å². The molecule has 91 heavy (non-hydrogen) atoms. The van der Waals surface area contributed by atoms with E-state index in [0.717, 1.165) is 21.4 Å². The SMILES string of the molecule is CC[C@H](C)[C@H](NC(=O)[C@H](CCC(N)=O)NC(=O)CNC(=O)[C@H](CC(N)=O)NC(=O)[C@@H](NC(=O)[C@@H]1CCCN1C(=O)[C@H](CC(=O)O)NC(=O)[C@@H](NC(=O)[C@H](CCCCN)NC(=O)[C@H](CC(C)C)NC(=O)[C@@H](N)Cc1c[nH]c2ccccc12)[C@@H](C)CC)C(C)C)C(=O)O. The van der Waals surface area contributed by atoms with Crippen molar-refractivity contribution in [3.8, 4) is 0 Å². The minimum Gasteiger partial charge on any atom is -0.481 e. The van der Waals surface area contributed by atoms with E-state index in [1.54, 1.807) is 33.9 Å². The van der Waals surface area contributed by atoms with E-state index in [0.29, 0.717) is 19.3 Å². The summed E-state index contributed by atoms with van der Waals surface area (Å²) < 4.78 is 0. The Bertz CT molecular complexity index is 2900. The van der Waals surface area contributed by atoms with Gasteiger partial charge < -0.3 is 90.9 Å². The van der Waals surface area contributed by atoms with Gasteiger partial charge in [0.1, 0.15) is 54.4 Å². The number of nitrogens with zero attached hydrogens (tertiary/aromatic N) is 1. The third-order valence-electron chi connectivity index (χ3n) is 15.8. The quantitative estimate of drug-likeness (QED) is 0.0311. The van der Waals surface area contributed by atoms with Crippen LogP contribution in [0.2, 0.25) is 0 Å². The predicted molar refractivity (Wildman–Crippen MR) is 331 cm³/mol. The van der Waals surface area contributed by atoms with Crippen molar-refractivity contribution in [2.24, 2.45) is 46.6 Å². The molecule has 2 heterocycles. The van der Waals surface area contributed by atoms with Crippen molar-refractivity contribution in [2.75, 3.05) is 19.6 Å². The molecule has 1 aromatic carbocycles. The largest absolute Gasteiger partial charge is 0.481 e. The van der Waals surface area contributed by atoms with Gasteiger partial charge in [-0.25, -0.2) is 4.79 Å². The van der Waals surface area contributed by atoms with E-state index < -0.39 is 187 Å². The number of H-pyrrole nitrogens is 1. The van der Waals surface area contributed by atoms with E-state index in [9.17, 15) is 77.3 Å². The highest BCUT2D eigenvalue weighted by molar-refractivity contribution is 6.00. The van der Waals surface area contributed by atoms with Gasteiger partial charge in [-0.15, -0.1) is 0 Å². The number of aromatic nitrogens is 1. The number of carboxylic acid groups (broad SMARTS) is 2. The Balaban J connectivity index is 1.78. The third kappa shape index (κ3) is 24.5. The molecule has 0 saturated carbocycles. The first-order chi connectivity index (χ1) is 42.8. The maximum atomic E-state index is 14.4. The van der Waals surface area contributed by atoms with Gasteiger partial charge >= 0.3 is 11.9 Å². The van der Waals surface area contributed by atoms with E-state index in [1.165, 1.54) is 13.8 Å². The number of carbonyl (C=O) groups excluding carboxylic acids is 12. The number of aliphatic carboxylic acids is 2. The summed E-state index contributed by atoms with van der Waals surface area (Å²) in [4.78, 5) is 191. The zero-order chi connectivity index (χ0) is 68.4. The number of unbranched alkanes of at least 4 members (excludes halogenated alkanes) is 1. The smallest absolute Gasteiger partial charge is 0.326 e. The Morgan fingerprint density at radius 1 is 0.626 bits per heavy atom. The van der Waals surface area contributed by atoms with Crippen molar-refractivity contribution < 1.29 is 77.3 Å². The van der Waals surface area contributed by atoms with Crippen LogP contribution in [0.5, 0.6) is 0 Å². The highest BCUT2D eigenvalue weighted by atomic mass is 16.4. The Kier molecular flexibility index (Phi) is 31.5. The van der Waals surface area contributed by atoms with Gasteiger partial charge in [0.25, 0.3) is 0 Å². The lowest BCUT2D eigenvalue weighted by molar-refractivity contribution is -0.146. The molecule has 0 unspecified atom stereocenters. The van der Waals surface area contributed by atoms with Gasteiger partial charge in [-0.05, 0) is 93.2 Å². The molecule has 1 aliphatic rings. The Morgan fingerprint density at radius 3 is 1.78 bits per heavy atom. The molecule has 12 atom stereocenters. The molecule has 1 aromatic heterocycles. The van der Waals surface area contributed by atoms with Crippen LogP contribution in [0.1, 0.15) is 138 Å². The van der Waals surface area contributed by atoms with Crippen LogP contribution in [0.25, 0.3) is 10.9 Å². The first-order valence-corrected chi connectivity index (χ1v) is 30.9. The lowest BCUT2D eigenvalue weighted by Crippen LogP contribution is -2.61. The highest BCUT2D eigenvalue weighted by Gasteiger charge is 2.42. The molecule has 506 valence electrons. The van der Waals surface area contributed by atoms with Crippen molar-refractivity contribution in [3.05, 3.63) is 36.0 Å². The van der Waals surface area contributed by atoms with Crippen LogP contribution in [-0.4, -0.2) is 183 Å². The fourth-order valence-electron chi connectivity index (χ4n) is 10.2. The van der Waals surface area contributed by atoms with Gasteiger partial charge in [0.15, 0.2) is 0 Å². The summed E-state index contributed by atoms with van der Waals surface area (Å²) in [6.07, 6.45) is 1.30. The van der Waals surface area contributed by atoms with Crippen molar-refractivity contribution in [1.29, 1.82) is 0 Å².